The molecule has 11 N–H and O–H groups in total. The Kier molecular flexibility index (Phi) is 22.5. The maximum Gasteiger partial charge on any atom is 0.305 e. The van der Waals surface area contributed by atoms with Gasteiger partial charge in [-0.2, -0.15) is 0 Å². The molecule has 6 amide bonds. The second-order valence-corrected chi connectivity index (χ2v) is 16.0. The van der Waals surface area contributed by atoms with Gasteiger partial charge in [0.05, 0.1) is 31.7 Å². The number of rotatable bonds is 28. The summed E-state index contributed by atoms with van der Waals surface area (Å²) in [5.41, 5.74) is 8.83. The molecule has 0 aliphatic rings. The number of aliphatic hydroxyl groups excluding tert-OH is 2. The normalized spacial score (nSPS) is 14.3. The summed E-state index contributed by atoms with van der Waals surface area (Å²) in [7, 11) is 0. The van der Waals surface area contributed by atoms with Crippen molar-refractivity contribution in [2.24, 2.45) is 5.73 Å². The highest BCUT2D eigenvalue weighted by Gasteiger charge is 2.25. The maximum absolute atomic E-state index is 13.2. The summed E-state index contributed by atoms with van der Waals surface area (Å²) >= 11 is 0. The molecule has 0 aliphatic heterocycles. The van der Waals surface area contributed by atoms with Crippen LogP contribution in [0.15, 0.2) is 91.0 Å². The highest BCUT2D eigenvalue weighted by atomic mass is 16.4. The van der Waals surface area contributed by atoms with Crippen LogP contribution in [-0.4, -0.2) is 112 Å². The maximum atomic E-state index is 13.2. The van der Waals surface area contributed by atoms with E-state index in [9.17, 15) is 48.9 Å². The Morgan fingerprint density at radius 1 is 0.429 bits per heavy atom. The Morgan fingerprint density at radius 2 is 0.730 bits per heavy atom. The van der Waals surface area contributed by atoms with Crippen molar-refractivity contribution >= 4 is 41.4 Å². The van der Waals surface area contributed by atoms with Crippen molar-refractivity contribution in [3.8, 4) is 0 Å². The van der Waals surface area contributed by atoms with Crippen molar-refractivity contribution in [1.29, 1.82) is 0 Å². The smallest absolute Gasteiger partial charge is 0.305 e. The molecule has 0 saturated heterocycles. The Bertz CT molecular complexity index is 1900. The van der Waals surface area contributed by atoms with Gasteiger partial charge in [0.1, 0.15) is 0 Å². The Balaban J connectivity index is 1.47. The lowest BCUT2D eigenvalue weighted by Crippen LogP contribution is -2.47. The molecular weight excluding hydrogens is 811 g/mol. The number of carbonyl (C=O) groups excluding carboxylic acids is 6. The van der Waals surface area contributed by atoms with E-state index in [-0.39, 0.29) is 63.7 Å². The van der Waals surface area contributed by atoms with Crippen molar-refractivity contribution < 1.29 is 48.9 Å². The summed E-state index contributed by atoms with van der Waals surface area (Å²) in [4.78, 5) is 89.0. The molecule has 17 nitrogen and oxygen atoms in total. The van der Waals surface area contributed by atoms with E-state index in [2.05, 4.69) is 31.9 Å². The number of aliphatic carboxylic acids is 1. The Labute approximate surface area is 368 Å². The number of carboxylic acid groups (broad SMARTS) is 1. The molecule has 7 atom stereocenters. The van der Waals surface area contributed by atoms with Crippen LogP contribution in [-0.2, 0) is 52.8 Å². The number of carboxylic acids is 1. The summed E-state index contributed by atoms with van der Waals surface area (Å²) in [5.74, 6) is -3.99. The van der Waals surface area contributed by atoms with Crippen molar-refractivity contribution in [3.05, 3.63) is 108 Å². The van der Waals surface area contributed by atoms with Gasteiger partial charge in [0, 0.05) is 68.7 Å². The fourth-order valence-corrected chi connectivity index (χ4v) is 7.05. The van der Waals surface area contributed by atoms with Crippen LogP contribution in [0.1, 0.15) is 75.5 Å². The van der Waals surface area contributed by atoms with Crippen LogP contribution < -0.4 is 37.6 Å². The van der Waals surface area contributed by atoms with Gasteiger partial charge in [-0.3, -0.25) is 33.6 Å². The van der Waals surface area contributed by atoms with E-state index in [0.717, 1.165) is 16.7 Å². The van der Waals surface area contributed by atoms with E-state index in [4.69, 9.17) is 5.73 Å². The number of carbonyl (C=O) groups is 7. The molecule has 3 rings (SSSR count). The summed E-state index contributed by atoms with van der Waals surface area (Å²) in [6, 6.07) is 22.8. The van der Waals surface area contributed by atoms with Crippen molar-refractivity contribution in [2.75, 3.05) is 13.2 Å². The number of hydrogen-bond acceptors (Lipinski definition) is 10. The molecule has 0 aromatic heterocycles. The van der Waals surface area contributed by atoms with Gasteiger partial charge in [-0.25, -0.2) is 0 Å². The number of nitrogens with two attached hydrogens (primary N) is 1. The van der Waals surface area contributed by atoms with Crippen molar-refractivity contribution in [2.45, 2.75) is 120 Å². The molecule has 0 spiro atoms. The SMILES string of the molecule is C[C@@H](CC(=O)N[C@H](CO)CC(=O)N[C@H](CC(=O)N[C@@H](C)CC(=O)N[C@H](CO)CC(=O)N[C@H](CC(=O)O)Cc1ccccc1)Cc1ccccc1)NC(=O)C[C@@H](N)Cc1ccccc1. The zero-order valence-electron chi connectivity index (χ0n) is 36.0. The zero-order chi connectivity index (χ0) is 46.1. The second kappa shape index (κ2) is 27.7. The van der Waals surface area contributed by atoms with E-state index in [0.29, 0.717) is 6.42 Å². The van der Waals surface area contributed by atoms with Gasteiger partial charge in [-0.05, 0) is 49.8 Å². The van der Waals surface area contributed by atoms with Crippen LogP contribution in [0.3, 0.4) is 0 Å². The lowest BCUT2D eigenvalue weighted by molar-refractivity contribution is -0.138. The second-order valence-electron chi connectivity index (χ2n) is 16.0. The number of nitrogens with one attached hydrogen (secondary N) is 6. The Hall–Kier alpha value is -6.17. The van der Waals surface area contributed by atoms with Crippen LogP contribution in [0.5, 0.6) is 0 Å². The monoisotopic (exact) mass is 873 g/mol. The number of hydrogen-bond donors (Lipinski definition) is 10. The molecule has 342 valence electrons. The molecular formula is C46H63N7O10. The van der Waals surface area contributed by atoms with Crippen LogP contribution in [0.25, 0.3) is 0 Å². The number of amides is 6. The first kappa shape index (κ1) is 51.2. The number of aliphatic hydroxyl groups is 2. The van der Waals surface area contributed by atoms with E-state index in [1.165, 1.54) is 0 Å². The molecule has 0 bridgehead atoms. The minimum absolute atomic E-state index is 0.0692. The third-order valence-corrected chi connectivity index (χ3v) is 9.85. The van der Waals surface area contributed by atoms with Crippen LogP contribution in [0.2, 0.25) is 0 Å². The molecule has 0 heterocycles. The Morgan fingerprint density at radius 3 is 1.11 bits per heavy atom. The first-order chi connectivity index (χ1) is 30.1. The zero-order valence-corrected chi connectivity index (χ0v) is 36.0. The van der Waals surface area contributed by atoms with Crippen LogP contribution >= 0.6 is 0 Å². The average molecular weight is 874 g/mol. The fourth-order valence-electron chi connectivity index (χ4n) is 7.05. The lowest BCUT2D eigenvalue weighted by Gasteiger charge is -2.23. The summed E-state index contributed by atoms with van der Waals surface area (Å²) < 4.78 is 0. The first-order valence-electron chi connectivity index (χ1n) is 21.2. The lowest BCUT2D eigenvalue weighted by atomic mass is 10.0. The highest BCUT2D eigenvalue weighted by Crippen LogP contribution is 2.10. The van der Waals surface area contributed by atoms with Gasteiger partial charge in [0.25, 0.3) is 0 Å². The minimum atomic E-state index is -1.09. The molecule has 63 heavy (non-hydrogen) atoms. The topological polar surface area (TPSA) is 278 Å². The first-order valence-corrected chi connectivity index (χ1v) is 21.2. The van der Waals surface area contributed by atoms with E-state index in [1.807, 2.05) is 78.9 Å². The minimum Gasteiger partial charge on any atom is -0.481 e. The molecule has 0 saturated carbocycles. The highest BCUT2D eigenvalue weighted by molar-refractivity contribution is 5.84. The largest absolute Gasteiger partial charge is 0.481 e. The van der Waals surface area contributed by atoms with Gasteiger partial charge >= 0.3 is 5.97 Å². The molecule has 3 aromatic carbocycles. The van der Waals surface area contributed by atoms with Crippen molar-refractivity contribution in [1.82, 2.24) is 31.9 Å². The standard InChI is InChI=1S/C46H63N7O10/c1-30(48-42(58)23-35(47)20-32-12-6-3-7-13-32)18-40(56)52-38(28-54)25-44(60)50-36(21-33-14-8-4-9-15-33)24-43(59)49-31(2)19-41(57)53-39(29-55)26-45(61)51-37(27-46(62)63)22-34-16-10-5-11-17-34/h3-17,30-31,35-39,54-55H,18-29,47H2,1-2H3,(H,48,58)(H,49,59)(H,50,60)(H,51,61)(H,52,56)(H,53,57)(H,62,63)/t30-,31-,35-,36-,37-,38-,39-/m0/s1. The summed E-state index contributed by atoms with van der Waals surface area (Å²) in [6.07, 6.45) is -0.253. The third kappa shape index (κ3) is 22.0. The molecule has 0 aliphatic carbocycles. The predicted molar refractivity (Wildman–Crippen MR) is 235 cm³/mol. The van der Waals surface area contributed by atoms with Crippen molar-refractivity contribution in [3.63, 3.8) is 0 Å². The average Bonchev–Trinajstić information content (AvgIpc) is 3.20. The van der Waals surface area contributed by atoms with Gasteiger partial charge < -0.3 is 53.0 Å². The van der Waals surface area contributed by atoms with E-state index >= 15 is 0 Å². The molecule has 0 radical (unpaired) electrons. The fraction of sp³-hybridized carbons (Fsp3) is 0.457. The summed E-state index contributed by atoms with van der Waals surface area (Å²) in [6.45, 7) is 2.16. The van der Waals surface area contributed by atoms with E-state index in [1.54, 1.807) is 26.0 Å². The van der Waals surface area contributed by atoms with Gasteiger partial charge in [0.2, 0.25) is 35.4 Å². The molecule has 0 unspecified atom stereocenters. The third-order valence-electron chi connectivity index (χ3n) is 9.85. The van der Waals surface area contributed by atoms with Crippen LogP contribution in [0, 0.1) is 0 Å². The molecule has 17 heteroatoms. The van der Waals surface area contributed by atoms with Gasteiger partial charge in [-0.1, -0.05) is 91.0 Å². The molecule has 0 fully saturated rings. The quantitative estimate of drug-likeness (QED) is 0.0487. The van der Waals surface area contributed by atoms with Gasteiger partial charge in [0.15, 0.2) is 0 Å². The number of benzene rings is 3. The van der Waals surface area contributed by atoms with E-state index < -0.39 is 91.0 Å². The predicted octanol–water partition coefficient (Wildman–Crippen LogP) is 0.790. The van der Waals surface area contributed by atoms with Gasteiger partial charge in [-0.15, -0.1) is 0 Å². The van der Waals surface area contributed by atoms with Crippen LogP contribution in [0.4, 0.5) is 0 Å². The molecule has 3 aromatic rings. The summed E-state index contributed by atoms with van der Waals surface area (Å²) in [5, 5.41) is 45.5.